The number of rotatable bonds is 2. The van der Waals surface area contributed by atoms with E-state index in [4.69, 9.17) is 5.26 Å². The van der Waals surface area contributed by atoms with Crippen LogP contribution < -0.4 is 0 Å². The summed E-state index contributed by atoms with van der Waals surface area (Å²) in [4.78, 5) is 4.61. The minimum absolute atomic E-state index is 0.208. The molecule has 23 heavy (non-hydrogen) atoms. The van der Waals surface area contributed by atoms with E-state index in [1.165, 1.54) is 0 Å². The van der Waals surface area contributed by atoms with E-state index in [1.807, 2.05) is 48.7 Å². The van der Waals surface area contributed by atoms with E-state index in [1.54, 1.807) is 4.68 Å². The van der Waals surface area contributed by atoms with Crippen LogP contribution in [0.5, 0.6) is 0 Å². The van der Waals surface area contributed by atoms with Gasteiger partial charge in [0.05, 0.1) is 17.3 Å². The first-order chi connectivity index (χ1) is 11.2. The lowest BCUT2D eigenvalue weighted by Crippen LogP contribution is -2.08. The lowest BCUT2D eigenvalue weighted by molar-refractivity contribution is 0.750. The van der Waals surface area contributed by atoms with Gasteiger partial charge in [0.2, 0.25) is 0 Å². The molecule has 0 unspecified atom stereocenters. The minimum atomic E-state index is 0.208. The van der Waals surface area contributed by atoms with Gasteiger partial charge in [0, 0.05) is 11.1 Å². The van der Waals surface area contributed by atoms with E-state index >= 15 is 0 Å². The van der Waals surface area contributed by atoms with Gasteiger partial charge in [-0.1, -0.05) is 18.2 Å². The molecule has 0 aliphatic rings. The number of fused-ring (bicyclic) bond motifs is 3. The Bertz CT molecular complexity index is 1080. The maximum Gasteiger partial charge on any atom is 0.272 e. The van der Waals surface area contributed by atoms with Gasteiger partial charge in [-0.25, -0.2) is 4.68 Å². The molecule has 0 saturated heterocycles. The molecule has 0 amide bonds. The standard InChI is InChI=1S/C16H13N7/c1-10-9-11(2)23(21-10)16-18-15-14(19-20-16)12-5-3-4-6-13(12)22(15)8-7-17/h3-6,9H,8H2,1-2H3. The van der Waals surface area contributed by atoms with Crippen LogP contribution in [0.15, 0.2) is 30.3 Å². The molecule has 0 aliphatic heterocycles. The van der Waals surface area contributed by atoms with Gasteiger partial charge in [-0.05, 0) is 26.0 Å². The molecular formula is C16H13N7. The van der Waals surface area contributed by atoms with Crippen molar-refractivity contribution in [3.63, 3.8) is 0 Å². The number of aromatic nitrogens is 6. The Balaban J connectivity index is 2.05. The van der Waals surface area contributed by atoms with Crippen LogP contribution in [0.3, 0.4) is 0 Å². The molecule has 4 rings (SSSR count). The van der Waals surface area contributed by atoms with Crippen LogP contribution in [0.25, 0.3) is 28.0 Å². The molecule has 3 heterocycles. The Hall–Kier alpha value is -3.27. The number of para-hydroxylation sites is 1. The molecule has 7 nitrogen and oxygen atoms in total. The van der Waals surface area contributed by atoms with Crippen LogP contribution in [0.2, 0.25) is 0 Å². The first-order valence-electron chi connectivity index (χ1n) is 7.21. The maximum absolute atomic E-state index is 9.14. The Morgan fingerprint density at radius 3 is 2.74 bits per heavy atom. The highest BCUT2D eigenvalue weighted by molar-refractivity contribution is 6.04. The molecule has 112 valence electrons. The fourth-order valence-corrected chi connectivity index (χ4v) is 2.85. The van der Waals surface area contributed by atoms with Gasteiger partial charge in [-0.15, -0.1) is 10.2 Å². The molecule has 0 spiro atoms. The van der Waals surface area contributed by atoms with Crippen LogP contribution in [-0.2, 0) is 6.54 Å². The van der Waals surface area contributed by atoms with Crippen LogP contribution in [0.1, 0.15) is 11.4 Å². The van der Waals surface area contributed by atoms with Crippen molar-refractivity contribution in [2.75, 3.05) is 0 Å². The number of hydrogen-bond donors (Lipinski definition) is 0. The summed E-state index contributed by atoms with van der Waals surface area (Å²) in [6, 6.07) is 11.9. The Kier molecular flexibility index (Phi) is 2.84. The Morgan fingerprint density at radius 2 is 2.00 bits per heavy atom. The van der Waals surface area contributed by atoms with Crippen molar-refractivity contribution < 1.29 is 0 Å². The van der Waals surface area contributed by atoms with E-state index in [9.17, 15) is 0 Å². The Labute approximate surface area is 131 Å². The number of aryl methyl sites for hydroxylation is 2. The molecule has 0 radical (unpaired) electrons. The number of nitrogens with zero attached hydrogens (tertiary/aromatic N) is 7. The van der Waals surface area contributed by atoms with Gasteiger partial charge in [0.1, 0.15) is 12.1 Å². The highest BCUT2D eigenvalue weighted by atomic mass is 15.4. The van der Waals surface area contributed by atoms with E-state index < -0.39 is 0 Å². The average Bonchev–Trinajstić information content (AvgIpc) is 3.05. The predicted molar refractivity (Wildman–Crippen MR) is 85.0 cm³/mol. The fraction of sp³-hybridized carbons (Fsp3) is 0.188. The molecule has 0 N–H and O–H groups in total. The molecule has 0 atom stereocenters. The molecule has 7 heteroatoms. The van der Waals surface area contributed by atoms with Crippen molar-refractivity contribution in [3.8, 4) is 12.0 Å². The first kappa shape index (κ1) is 13.4. The molecule has 1 aromatic carbocycles. The third-order valence-electron chi connectivity index (χ3n) is 3.79. The lowest BCUT2D eigenvalue weighted by Gasteiger charge is -2.03. The third-order valence-corrected chi connectivity index (χ3v) is 3.79. The lowest BCUT2D eigenvalue weighted by atomic mass is 10.2. The summed E-state index contributed by atoms with van der Waals surface area (Å²) in [7, 11) is 0. The Morgan fingerprint density at radius 1 is 1.17 bits per heavy atom. The van der Waals surface area contributed by atoms with E-state index in [-0.39, 0.29) is 6.54 Å². The predicted octanol–water partition coefficient (Wildman–Crippen LogP) is 2.31. The summed E-state index contributed by atoms with van der Waals surface area (Å²) >= 11 is 0. The summed E-state index contributed by atoms with van der Waals surface area (Å²) < 4.78 is 3.52. The second kappa shape index (κ2) is 4.88. The second-order valence-corrected chi connectivity index (χ2v) is 5.38. The van der Waals surface area contributed by atoms with Crippen LogP contribution in [0.4, 0.5) is 0 Å². The SMILES string of the molecule is Cc1cc(C)n(-c2nnc3c4ccccc4n(CC#N)c3n2)n1. The summed E-state index contributed by atoms with van der Waals surface area (Å²) in [6.07, 6.45) is 0. The molecule has 0 saturated carbocycles. The van der Waals surface area contributed by atoms with Gasteiger partial charge in [0.15, 0.2) is 5.65 Å². The molecular weight excluding hydrogens is 290 g/mol. The quantitative estimate of drug-likeness (QED) is 0.567. The second-order valence-electron chi connectivity index (χ2n) is 5.38. The number of nitriles is 1. The van der Waals surface area contributed by atoms with Gasteiger partial charge in [0.25, 0.3) is 5.95 Å². The average molecular weight is 303 g/mol. The molecule has 0 fully saturated rings. The molecule has 4 aromatic rings. The topological polar surface area (TPSA) is 85.2 Å². The van der Waals surface area contributed by atoms with Crippen LogP contribution in [0, 0.1) is 25.2 Å². The van der Waals surface area contributed by atoms with Crippen molar-refractivity contribution in [2.24, 2.45) is 0 Å². The first-order valence-corrected chi connectivity index (χ1v) is 7.21. The number of hydrogen-bond acceptors (Lipinski definition) is 5. The summed E-state index contributed by atoms with van der Waals surface area (Å²) in [6.45, 7) is 4.07. The number of benzene rings is 1. The van der Waals surface area contributed by atoms with Crippen molar-refractivity contribution >= 4 is 22.1 Å². The zero-order valence-corrected chi connectivity index (χ0v) is 12.7. The smallest absolute Gasteiger partial charge is 0.272 e. The van der Waals surface area contributed by atoms with Gasteiger partial charge >= 0.3 is 0 Å². The van der Waals surface area contributed by atoms with Crippen molar-refractivity contribution in [3.05, 3.63) is 41.7 Å². The summed E-state index contributed by atoms with van der Waals surface area (Å²) in [5, 5.41) is 23.0. The maximum atomic E-state index is 9.14. The summed E-state index contributed by atoms with van der Waals surface area (Å²) in [5.41, 5.74) is 4.10. The van der Waals surface area contributed by atoms with Gasteiger partial charge < -0.3 is 4.57 Å². The fourth-order valence-electron chi connectivity index (χ4n) is 2.85. The molecule has 3 aromatic heterocycles. The van der Waals surface area contributed by atoms with Crippen molar-refractivity contribution in [2.45, 2.75) is 20.4 Å². The highest BCUT2D eigenvalue weighted by Crippen LogP contribution is 2.26. The normalized spacial score (nSPS) is 11.2. The zero-order valence-electron chi connectivity index (χ0n) is 12.7. The van der Waals surface area contributed by atoms with E-state index in [0.29, 0.717) is 17.1 Å². The van der Waals surface area contributed by atoms with Gasteiger partial charge in [-0.3, -0.25) is 0 Å². The monoisotopic (exact) mass is 303 g/mol. The minimum Gasteiger partial charge on any atom is -0.310 e. The van der Waals surface area contributed by atoms with Crippen molar-refractivity contribution in [1.29, 1.82) is 5.26 Å². The largest absolute Gasteiger partial charge is 0.310 e. The molecule has 0 bridgehead atoms. The van der Waals surface area contributed by atoms with Gasteiger partial charge in [-0.2, -0.15) is 15.3 Å². The third kappa shape index (κ3) is 1.96. The molecule has 0 aliphatic carbocycles. The highest BCUT2D eigenvalue weighted by Gasteiger charge is 2.16. The van der Waals surface area contributed by atoms with Crippen LogP contribution in [-0.4, -0.2) is 29.5 Å². The van der Waals surface area contributed by atoms with Crippen LogP contribution >= 0.6 is 0 Å². The van der Waals surface area contributed by atoms with E-state index in [2.05, 4.69) is 26.3 Å². The van der Waals surface area contributed by atoms with E-state index in [0.717, 1.165) is 22.3 Å². The van der Waals surface area contributed by atoms with Crippen molar-refractivity contribution in [1.82, 2.24) is 29.5 Å². The summed E-state index contributed by atoms with van der Waals surface area (Å²) in [5.74, 6) is 0.407. The zero-order chi connectivity index (χ0) is 16.0.